The maximum absolute atomic E-state index is 4.41. The molecule has 0 aliphatic carbocycles. The SMILES string of the molecule is CC(Br)Cc1cnc2ccccc2c1. The van der Waals surface area contributed by atoms with E-state index in [0.29, 0.717) is 4.83 Å². The zero-order valence-corrected chi connectivity index (χ0v) is 9.66. The average molecular weight is 250 g/mol. The number of benzene rings is 1. The van der Waals surface area contributed by atoms with Gasteiger partial charge in [0.2, 0.25) is 0 Å². The highest BCUT2D eigenvalue weighted by molar-refractivity contribution is 9.09. The zero-order chi connectivity index (χ0) is 9.97. The van der Waals surface area contributed by atoms with Gasteiger partial charge in [-0.05, 0) is 24.1 Å². The van der Waals surface area contributed by atoms with E-state index in [4.69, 9.17) is 0 Å². The lowest BCUT2D eigenvalue weighted by Crippen LogP contribution is -1.96. The number of para-hydroxylation sites is 1. The average Bonchev–Trinajstić information content (AvgIpc) is 2.17. The van der Waals surface area contributed by atoms with Crippen molar-refractivity contribution >= 4 is 26.8 Å². The van der Waals surface area contributed by atoms with Crippen molar-refractivity contribution in [2.45, 2.75) is 18.2 Å². The van der Waals surface area contributed by atoms with Crippen molar-refractivity contribution in [3.8, 4) is 0 Å². The van der Waals surface area contributed by atoms with Gasteiger partial charge in [-0.2, -0.15) is 0 Å². The molecule has 0 radical (unpaired) electrons. The third kappa shape index (κ3) is 2.13. The molecule has 0 spiro atoms. The summed E-state index contributed by atoms with van der Waals surface area (Å²) < 4.78 is 0. The van der Waals surface area contributed by atoms with E-state index in [2.05, 4.69) is 40.0 Å². The highest BCUT2D eigenvalue weighted by Gasteiger charge is 2.00. The molecule has 14 heavy (non-hydrogen) atoms. The van der Waals surface area contributed by atoms with Gasteiger partial charge in [0.05, 0.1) is 5.52 Å². The van der Waals surface area contributed by atoms with Crippen LogP contribution in [0.4, 0.5) is 0 Å². The number of halogens is 1. The molecule has 1 atom stereocenters. The number of rotatable bonds is 2. The lowest BCUT2D eigenvalue weighted by atomic mass is 10.1. The van der Waals surface area contributed by atoms with Crippen LogP contribution in [0.3, 0.4) is 0 Å². The molecule has 0 N–H and O–H groups in total. The Balaban J connectivity index is 2.41. The molecule has 0 bridgehead atoms. The molecule has 1 heterocycles. The molecule has 0 saturated carbocycles. The Morgan fingerprint density at radius 2 is 2.14 bits per heavy atom. The number of alkyl halides is 1. The summed E-state index contributed by atoms with van der Waals surface area (Å²) in [6.07, 6.45) is 2.98. The molecule has 1 unspecified atom stereocenters. The molecule has 2 heteroatoms. The van der Waals surface area contributed by atoms with Gasteiger partial charge in [0.15, 0.2) is 0 Å². The maximum Gasteiger partial charge on any atom is 0.0702 e. The first-order chi connectivity index (χ1) is 6.75. The Morgan fingerprint density at radius 1 is 1.36 bits per heavy atom. The van der Waals surface area contributed by atoms with Crippen LogP contribution in [-0.4, -0.2) is 9.81 Å². The van der Waals surface area contributed by atoms with Crippen molar-refractivity contribution in [1.82, 2.24) is 4.98 Å². The van der Waals surface area contributed by atoms with E-state index in [1.54, 1.807) is 0 Å². The maximum atomic E-state index is 4.41. The molecule has 1 nitrogen and oxygen atoms in total. The molecule has 0 saturated heterocycles. The summed E-state index contributed by atoms with van der Waals surface area (Å²) in [4.78, 5) is 4.92. The fraction of sp³-hybridized carbons (Fsp3) is 0.250. The van der Waals surface area contributed by atoms with Crippen LogP contribution in [0.2, 0.25) is 0 Å². The van der Waals surface area contributed by atoms with Crippen LogP contribution in [0.1, 0.15) is 12.5 Å². The number of pyridine rings is 1. The predicted octanol–water partition coefficient (Wildman–Crippen LogP) is 3.56. The van der Waals surface area contributed by atoms with Crippen LogP contribution in [0.15, 0.2) is 36.5 Å². The van der Waals surface area contributed by atoms with Crippen LogP contribution in [0.5, 0.6) is 0 Å². The molecule has 0 aliphatic heterocycles. The van der Waals surface area contributed by atoms with Gasteiger partial charge < -0.3 is 0 Å². The van der Waals surface area contributed by atoms with Gasteiger partial charge in [0, 0.05) is 16.4 Å². The molecule has 72 valence electrons. The van der Waals surface area contributed by atoms with Crippen molar-refractivity contribution in [2.75, 3.05) is 0 Å². The summed E-state index contributed by atoms with van der Waals surface area (Å²) in [5, 5.41) is 1.22. The summed E-state index contributed by atoms with van der Waals surface area (Å²) in [7, 11) is 0. The Labute approximate surface area is 92.3 Å². The highest BCUT2D eigenvalue weighted by atomic mass is 79.9. The minimum absolute atomic E-state index is 0.505. The Bertz CT molecular complexity index is 437. The Kier molecular flexibility index (Phi) is 2.82. The third-order valence-corrected chi connectivity index (χ3v) is 2.49. The second-order valence-corrected chi connectivity index (χ2v) is 5.08. The van der Waals surface area contributed by atoms with Gasteiger partial charge in [-0.25, -0.2) is 0 Å². The summed E-state index contributed by atoms with van der Waals surface area (Å²) in [6, 6.07) is 10.4. The third-order valence-electron chi connectivity index (χ3n) is 2.16. The summed E-state index contributed by atoms with van der Waals surface area (Å²) in [5.74, 6) is 0. The molecule has 0 aliphatic rings. The predicted molar refractivity (Wildman–Crippen MR) is 63.8 cm³/mol. The summed E-state index contributed by atoms with van der Waals surface area (Å²) in [5.41, 5.74) is 2.35. The summed E-state index contributed by atoms with van der Waals surface area (Å²) in [6.45, 7) is 2.15. The first-order valence-electron chi connectivity index (χ1n) is 4.73. The van der Waals surface area contributed by atoms with Crippen molar-refractivity contribution in [3.63, 3.8) is 0 Å². The Morgan fingerprint density at radius 3 is 2.93 bits per heavy atom. The molecule has 0 fully saturated rings. The van der Waals surface area contributed by atoms with Crippen LogP contribution >= 0.6 is 15.9 Å². The van der Waals surface area contributed by atoms with Gasteiger partial charge in [-0.1, -0.05) is 41.1 Å². The monoisotopic (exact) mass is 249 g/mol. The molecular weight excluding hydrogens is 238 g/mol. The Hall–Kier alpha value is -0.890. The van der Waals surface area contributed by atoms with Gasteiger partial charge in [0.25, 0.3) is 0 Å². The standard InChI is InChI=1S/C12H12BrN/c1-9(13)6-10-7-11-4-2-3-5-12(11)14-8-10/h2-5,7-9H,6H2,1H3. The molecular formula is C12H12BrN. The number of fused-ring (bicyclic) bond motifs is 1. The van der Waals surface area contributed by atoms with E-state index < -0.39 is 0 Å². The van der Waals surface area contributed by atoms with E-state index in [9.17, 15) is 0 Å². The minimum Gasteiger partial charge on any atom is -0.256 e. The zero-order valence-electron chi connectivity index (χ0n) is 8.07. The van der Waals surface area contributed by atoms with E-state index >= 15 is 0 Å². The second-order valence-electron chi connectivity index (χ2n) is 3.52. The van der Waals surface area contributed by atoms with Crippen LogP contribution < -0.4 is 0 Å². The van der Waals surface area contributed by atoms with E-state index in [1.165, 1.54) is 10.9 Å². The van der Waals surface area contributed by atoms with Crippen LogP contribution in [0.25, 0.3) is 10.9 Å². The van der Waals surface area contributed by atoms with E-state index in [-0.39, 0.29) is 0 Å². The van der Waals surface area contributed by atoms with Crippen molar-refractivity contribution in [1.29, 1.82) is 0 Å². The quantitative estimate of drug-likeness (QED) is 0.742. The highest BCUT2D eigenvalue weighted by Crippen LogP contribution is 2.15. The fourth-order valence-corrected chi connectivity index (χ4v) is 1.93. The fourth-order valence-electron chi connectivity index (χ4n) is 1.55. The van der Waals surface area contributed by atoms with E-state index in [0.717, 1.165) is 11.9 Å². The number of nitrogens with zero attached hydrogens (tertiary/aromatic N) is 1. The first kappa shape index (κ1) is 9.66. The number of hydrogen-bond acceptors (Lipinski definition) is 1. The van der Waals surface area contributed by atoms with Crippen molar-refractivity contribution in [2.24, 2.45) is 0 Å². The van der Waals surface area contributed by atoms with Gasteiger partial charge in [-0.3, -0.25) is 4.98 Å². The summed E-state index contributed by atoms with van der Waals surface area (Å²) >= 11 is 3.55. The normalized spacial score (nSPS) is 13.0. The van der Waals surface area contributed by atoms with Crippen molar-refractivity contribution < 1.29 is 0 Å². The molecule has 1 aromatic heterocycles. The lowest BCUT2D eigenvalue weighted by Gasteiger charge is -2.04. The number of aromatic nitrogens is 1. The molecule has 0 amide bonds. The van der Waals surface area contributed by atoms with Crippen LogP contribution in [0, 0.1) is 0 Å². The van der Waals surface area contributed by atoms with E-state index in [1.807, 2.05) is 24.4 Å². The molecule has 2 rings (SSSR count). The second kappa shape index (κ2) is 4.09. The van der Waals surface area contributed by atoms with Gasteiger partial charge in [-0.15, -0.1) is 0 Å². The lowest BCUT2D eigenvalue weighted by molar-refractivity contribution is 0.954. The van der Waals surface area contributed by atoms with Crippen LogP contribution in [-0.2, 0) is 6.42 Å². The van der Waals surface area contributed by atoms with Gasteiger partial charge >= 0.3 is 0 Å². The molecule has 2 aromatic rings. The minimum atomic E-state index is 0.505. The number of hydrogen-bond donors (Lipinski definition) is 0. The van der Waals surface area contributed by atoms with Crippen molar-refractivity contribution in [3.05, 3.63) is 42.1 Å². The largest absolute Gasteiger partial charge is 0.256 e. The first-order valence-corrected chi connectivity index (χ1v) is 5.65. The smallest absolute Gasteiger partial charge is 0.0702 e. The topological polar surface area (TPSA) is 12.9 Å². The van der Waals surface area contributed by atoms with Gasteiger partial charge in [0.1, 0.15) is 0 Å². The molecule has 1 aromatic carbocycles.